The lowest BCUT2D eigenvalue weighted by Crippen LogP contribution is -2.29. The van der Waals surface area contributed by atoms with Crippen molar-refractivity contribution in [1.82, 2.24) is 0 Å². The molecule has 0 heterocycles. The molecule has 3 rings (SSSR count). The molecule has 2 aliphatic rings. The lowest BCUT2D eigenvalue weighted by Gasteiger charge is -2.41. The fourth-order valence-corrected chi connectivity index (χ4v) is 5.65. The molecule has 3 atom stereocenters. The van der Waals surface area contributed by atoms with Crippen LogP contribution in [0.25, 0.3) is 0 Å². The van der Waals surface area contributed by atoms with Crippen molar-refractivity contribution in [2.75, 3.05) is 7.11 Å². The summed E-state index contributed by atoms with van der Waals surface area (Å²) >= 11 is 0. The fraction of sp³-hybridized carbons (Fsp3) is 0.750. The summed E-state index contributed by atoms with van der Waals surface area (Å²) in [6, 6.07) is 8.84. The van der Waals surface area contributed by atoms with Gasteiger partial charge >= 0.3 is 0 Å². The van der Waals surface area contributed by atoms with Gasteiger partial charge in [-0.2, -0.15) is 0 Å². The lowest BCUT2D eigenvalue weighted by atomic mass is 9.65. The zero-order valence-corrected chi connectivity index (χ0v) is 16.7. The van der Waals surface area contributed by atoms with Crippen LogP contribution in [0.1, 0.15) is 89.5 Å². The second kappa shape index (κ2) is 9.10. The third-order valence-corrected chi connectivity index (χ3v) is 7.28. The van der Waals surface area contributed by atoms with Gasteiger partial charge in [-0.05, 0) is 79.4 Å². The summed E-state index contributed by atoms with van der Waals surface area (Å²) in [4.78, 5) is 0. The maximum Gasteiger partial charge on any atom is 0.118 e. The molecule has 0 bridgehead atoms. The van der Waals surface area contributed by atoms with Crippen molar-refractivity contribution < 1.29 is 4.74 Å². The molecule has 0 spiro atoms. The summed E-state index contributed by atoms with van der Waals surface area (Å²) in [7, 11) is 1.75. The number of unbranched alkanes of at least 4 members (excludes halogenated alkanes) is 1. The number of hydrogen-bond acceptors (Lipinski definition) is 1. The van der Waals surface area contributed by atoms with E-state index in [0.717, 1.165) is 35.3 Å². The van der Waals surface area contributed by atoms with Gasteiger partial charge in [0.25, 0.3) is 0 Å². The molecule has 2 aliphatic carbocycles. The van der Waals surface area contributed by atoms with Crippen LogP contribution in [0.5, 0.6) is 5.75 Å². The predicted molar refractivity (Wildman–Crippen MR) is 107 cm³/mol. The monoisotopic (exact) mass is 342 g/mol. The van der Waals surface area contributed by atoms with Gasteiger partial charge < -0.3 is 4.74 Å². The number of ether oxygens (including phenoxy) is 1. The fourth-order valence-electron chi connectivity index (χ4n) is 5.65. The maximum absolute atomic E-state index is 5.31. The molecule has 0 aliphatic heterocycles. The van der Waals surface area contributed by atoms with Crippen LogP contribution in [0.3, 0.4) is 0 Å². The minimum absolute atomic E-state index is 0.753. The number of rotatable bonds is 6. The molecule has 1 aromatic rings. The van der Waals surface area contributed by atoms with Crippen LogP contribution < -0.4 is 4.74 Å². The molecule has 1 nitrogen and oxygen atoms in total. The molecule has 0 amide bonds. The zero-order valence-electron chi connectivity index (χ0n) is 16.7. The summed E-state index contributed by atoms with van der Waals surface area (Å²) in [5.41, 5.74) is 1.52. The molecule has 1 heteroatoms. The van der Waals surface area contributed by atoms with Gasteiger partial charge in [-0.3, -0.25) is 0 Å². The van der Waals surface area contributed by atoms with Gasteiger partial charge in [-0.25, -0.2) is 0 Å². The second-order valence-corrected chi connectivity index (χ2v) is 8.85. The van der Waals surface area contributed by atoms with Gasteiger partial charge in [0, 0.05) is 0 Å². The quantitative estimate of drug-likeness (QED) is 0.530. The van der Waals surface area contributed by atoms with Crippen molar-refractivity contribution in [2.45, 2.75) is 84.0 Å². The maximum atomic E-state index is 5.31. The number of benzene rings is 1. The van der Waals surface area contributed by atoms with Crippen LogP contribution in [-0.2, 0) is 0 Å². The summed E-state index contributed by atoms with van der Waals surface area (Å²) < 4.78 is 5.31. The molecule has 2 fully saturated rings. The first-order valence-electron chi connectivity index (χ1n) is 10.8. The van der Waals surface area contributed by atoms with Crippen LogP contribution in [0.4, 0.5) is 0 Å². The molecular formula is C24H38O. The Labute approximate surface area is 155 Å². The molecule has 2 saturated carbocycles. The van der Waals surface area contributed by atoms with Gasteiger partial charge in [0.05, 0.1) is 7.11 Å². The third-order valence-electron chi connectivity index (χ3n) is 7.28. The van der Waals surface area contributed by atoms with E-state index in [-0.39, 0.29) is 0 Å². The Kier molecular flexibility index (Phi) is 6.84. The molecule has 1 aromatic carbocycles. The van der Waals surface area contributed by atoms with E-state index in [9.17, 15) is 0 Å². The van der Waals surface area contributed by atoms with Crippen molar-refractivity contribution >= 4 is 0 Å². The van der Waals surface area contributed by atoms with E-state index in [0.29, 0.717) is 0 Å². The Balaban J connectivity index is 1.50. The minimum Gasteiger partial charge on any atom is -0.497 e. The van der Waals surface area contributed by atoms with Gasteiger partial charge in [0.15, 0.2) is 0 Å². The molecule has 140 valence electrons. The predicted octanol–water partition coefficient (Wildman–Crippen LogP) is 7.21. The van der Waals surface area contributed by atoms with Crippen LogP contribution in [0, 0.1) is 23.7 Å². The van der Waals surface area contributed by atoms with E-state index < -0.39 is 0 Å². The van der Waals surface area contributed by atoms with Crippen molar-refractivity contribution in [1.29, 1.82) is 0 Å². The molecule has 0 radical (unpaired) electrons. The average molecular weight is 343 g/mol. The SMILES string of the molecule is CCCCC1CCC(C2CC[C@@H](c3ccc(OC)cc3)[C@H](C)C2)CC1. The van der Waals surface area contributed by atoms with Crippen molar-refractivity contribution in [3.05, 3.63) is 29.8 Å². The smallest absolute Gasteiger partial charge is 0.118 e. The highest BCUT2D eigenvalue weighted by molar-refractivity contribution is 5.30. The van der Waals surface area contributed by atoms with E-state index in [2.05, 4.69) is 38.1 Å². The van der Waals surface area contributed by atoms with E-state index in [4.69, 9.17) is 4.74 Å². The van der Waals surface area contributed by atoms with E-state index >= 15 is 0 Å². The molecular weight excluding hydrogens is 304 g/mol. The largest absolute Gasteiger partial charge is 0.497 e. The van der Waals surface area contributed by atoms with Gasteiger partial charge in [-0.15, -0.1) is 0 Å². The van der Waals surface area contributed by atoms with E-state index in [1.807, 2.05) is 0 Å². The van der Waals surface area contributed by atoms with Crippen LogP contribution in [0.15, 0.2) is 24.3 Å². The zero-order chi connectivity index (χ0) is 17.6. The second-order valence-electron chi connectivity index (χ2n) is 8.85. The first kappa shape index (κ1) is 18.8. The summed E-state index contributed by atoms with van der Waals surface area (Å²) in [5.74, 6) is 5.62. The molecule has 0 aromatic heterocycles. The normalized spacial score (nSPS) is 33.2. The van der Waals surface area contributed by atoms with E-state index in [1.54, 1.807) is 7.11 Å². The molecule has 25 heavy (non-hydrogen) atoms. The first-order chi connectivity index (χ1) is 12.2. The van der Waals surface area contributed by atoms with Crippen molar-refractivity contribution in [2.24, 2.45) is 23.7 Å². The van der Waals surface area contributed by atoms with Gasteiger partial charge in [0.2, 0.25) is 0 Å². The van der Waals surface area contributed by atoms with Crippen molar-refractivity contribution in [3.8, 4) is 5.75 Å². The Morgan fingerprint density at radius 1 is 0.920 bits per heavy atom. The van der Waals surface area contributed by atoms with E-state index in [1.165, 1.54) is 69.8 Å². The standard InChI is InChI=1S/C24H38O/c1-4-5-6-19-7-9-20(10-8-19)22-13-16-24(18(2)17-22)21-11-14-23(25-3)15-12-21/h11-12,14-15,18-20,22,24H,4-10,13,16-17H2,1-3H3/t18-,19?,20?,22?,24-/m1/s1. The number of methoxy groups -OCH3 is 1. The van der Waals surface area contributed by atoms with Gasteiger partial charge in [-0.1, -0.05) is 58.1 Å². The molecule has 0 N–H and O–H groups in total. The third kappa shape index (κ3) is 4.80. The highest BCUT2D eigenvalue weighted by atomic mass is 16.5. The average Bonchev–Trinajstić information content (AvgIpc) is 2.67. The first-order valence-corrected chi connectivity index (χ1v) is 10.8. The molecule has 1 unspecified atom stereocenters. The van der Waals surface area contributed by atoms with Crippen LogP contribution in [0.2, 0.25) is 0 Å². The summed E-state index contributed by atoms with van der Waals surface area (Å²) in [5, 5.41) is 0. The summed E-state index contributed by atoms with van der Waals surface area (Å²) in [6.07, 6.45) is 14.6. The minimum atomic E-state index is 0.753. The molecule has 0 saturated heterocycles. The topological polar surface area (TPSA) is 9.23 Å². The Bertz CT molecular complexity index is 497. The van der Waals surface area contributed by atoms with Gasteiger partial charge in [0.1, 0.15) is 5.75 Å². The Hall–Kier alpha value is -0.980. The van der Waals surface area contributed by atoms with Crippen molar-refractivity contribution in [3.63, 3.8) is 0 Å². The Morgan fingerprint density at radius 3 is 2.20 bits per heavy atom. The number of hydrogen-bond donors (Lipinski definition) is 0. The Morgan fingerprint density at radius 2 is 1.60 bits per heavy atom. The van der Waals surface area contributed by atoms with Crippen LogP contribution in [-0.4, -0.2) is 7.11 Å². The van der Waals surface area contributed by atoms with Crippen LogP contribution >= 0.6 is 0 Å². The highest BCUT2D eigenvalue weighted by Crippen LogP contribution is 2.47. The lowest BCUT2D eigenvalue weighted by molar-refractivity contribution is 0.130. The highest BCUT2D eigenvalue weighted by Gasteiger charge is 2.34. The summed E-state index contributed by atoms with van der Waals surface area (Å²) in [6.45, 7) is 4.82.